The van der Waals surface area contributed by atoms with Crippen LogP contribution in [0.3, 0.4) is 0 Å². The molecule has 3 nitrogen and oxygen atoms in total. The molecular formula is C17H17ClN2O. The van der Waals surface area contributed by atoms with Crippen LogP contribution in [-0.4, -0.2) is 14.9 Å². The Morgan fingerprint density at radius 2 is 1.90 bits per heavy atom. The van der Waals surface area contributed by atoms with Crippen LogP contribution in [0.5, 0.6) is 0 Å². The topological polar surface area (TPSA) is 38.0 Å². The summed E-state index contributed by atoms with van der Waals surface area (Å²) in [5, 5.41) is 17.7. The smallest absolute Gasteiger partial charge is 0.0848 e. The predicted octanol–water partition coefficient (Wildman–Crippen LogP) is 3.81. The Kier molecular flexibility index (Phi) is 3.70. The van der Waals surface area contributed by atoms with Crippen LogP contribution >= 0.6 is 11.6 Å². The number of aliphatic hydroxyl groups excluding tert-OH is 1. The van der Waals surface area contributed by atoms with Crippen molar-refractivity contribution in [3.8, 4) is 0 Å². The van der Waals surface area contributed by atoms with Crippen LogP contribution in [0.25, 0.3) is 10.8 Å². The Bertz CT molecular complexity index is 795. The maximum atomic E-state index is 10.5. The minimum atomic E-state index is -0.595. The average molecular weight is 301 g/mol. The van der Waals surface area contributed by atoms with Gasteiger partial charge in [-0.1, -0.05) is 48.0 Å². The number of aryl methyl sites for hydroxylation is 2. The maximum absolute atomic E-state index is 10.5. The zero-order chi connectivity index (χ0) is 15.0. The molecule has 0 bridgehead atoms. The number of benzene rings is 2. The Labute approximate surface area is 128 Å². The third-order valence-corrected chi connectivity index (χ3v) is 4.30. The van der Waals surface area contributed by atoms with Gasteiger partial charge in [0.15, 0.2) is 0 Å². The molecular weight excluding hydrogens is 284 g/mol. The monoisotopic (exact) mass is 300 g/mol. The van der Waals surface area contributed by atoms with Crippen molar-refractivity contribution in [2.75, 3.05) is 0 Å². The zero-order valence-electron chi connectivity index (χ0n) is 12.0. The molecule has 0 saturated heterocycles. The maximum Gasteiger partial charge on any atom is 0.0848 e. The minimum Gasteiger partial charge on any atom is -0.388 e. The standard InChI is InChI=1S/C17H17ClN2O/c1-11-17(18)15(20(2)19-11)10-16(21)14-8-7-12-5-3-4-6-13(12)9-14/h3-9,16,21H,10H2,1-2H3. The van der Waals surface area contributed by atoms with Gasteiger partial charge in [0.05, 0.1) is 22.5 Å². The fraction of sp³-hybridized carbons (Fsp3) is 0.235. The lowest BCUT2D eigenvalue weighted by Crippen LogP contribution is -2.07. The number of nitrogens with zero attached hydrogens (tertiary/aromatic N) is 2. The number of hydrogen-bond acceptors (Lipinski definition) is 2. The molecule has 0 saturated carbocycles. The lowest BCUT2D eigenvalue weighted by atomic mass is 10.0. The molecule has 108 valence electrons. The van der Waals surface area contributed by atoms with Crippen molar-refractivity contribution in [1.29, 1.82) is 0 Å². The SMILES string of the molecule is Cc1nn(C)c(CC(O)c2ccc3ccccc3c2)c1Cl. The molecule has 2 aromatic carbocycles. The summed E-state index contributed by atoms with van der Waals surface area (Å²) in [4.78, 5) is 0. The summed E-state index contributed by atoms with van der Waals surface area (Å²) >= 11 is 6.25. The molecule has 3 rings (SSSR count). The summed E-state index contributed by atoms with van der Waals surface area (Å²) < 4.78 is 1.74. The Morgan fingerprint density at radius 1 is 1.19 bits per heavy atom. The molecule has 0 radical (unpaired) electrons. The number of hydrogen-bond donors (Lipinski definition) is 1. The van der Waals surface area contributed by atoms with Crippen molar-refractivity contribution in [2.45, 2.75) is 19.4 Å². The molecule has 0 aliphatic rings. The van der Waals surface area contributed by atoms with Crippen LogP contribution in [0.15, 0.2) is 42.5 Å². The highest BCUT2D eigenvalue weighted by Gasteiger charge is 2.16. The number of aliphatic hydroxyl groups is 1. The molecule has 4 heteroatoms. The highest BCUT2D eigenvalue weighted by atomic mass is 35.5. The van der Waals surface area contributed by atoms with Gasteiger partial charge in [-0.2, -0.15) is 5.10 Å². The van der Waals surface area contributed by atoms with E-state index in [1.165, 1.54) is 5.39 Å². The Hall–Kier alpha value is -1.84. The van der Waals surface area contributed by atoms with Crippen LogP contribution < -0.4 is 0 Å². The minimum absolute atomic E-state index is 0.453. The van der Waals surface area contributed by atoms with Gasteiger partial charge in [0, 0.05) is 13.5 Å². The molecule has 1 heterocycles. The predicted molar refractivity (Wildman–Crippen MR) is 85.6 cm³/mol. The van der Waals surface area contributed by atoms with E-state index in [9.17, 15) is 5.11 Å². The molecule has 1 unspecified atom stereocenters. The van der Waals surface area contributed by atoms with Crippen LogP contribution in [0.2, 0.25) is 5.02 Å². The fourth-order valence-electron chi connectivity index (χ4n) is 2.62. The van der Waals surface area contributed by atoms with E-state index in [2.05, 4.69) is 11.2 Å². The van der Waals surface area contributed by atoms with Gasteiger partial charge in [-0.25, -0.2) is 0 Å². The van der Waals surface area contributed by atoms with Gasteiger partial charge >= 0.3 is 0 Å². The van der Waals surface area contributed by atoms with Crippen LogP contribution in [0.1, 0.15) is 23.1 Å². The van der Waals surface area contributed by atoms with Crippen molar-refractivity contribution in [3.63, 3.8) is 0 Å². The first-order valence-corrected chi connectivity index (χ1v) is 7.29. The number of halogens is 1. The van der Waals surface area contributed by atoms with E-state index in [4.69, 9.17) is 11.6 Å². The summed E-state index contributed by atoms with van der Waals surface area (Å²) in [6, 6.07) is 14.1. The third-order valence-electron chi connectivity index (χ3n) is 3.81. The lowest BCUT2D eigenvalue weighted by Gasteiger charge is -2.12. The van der Waals surface area contributed by atoms with E-state index in [0.717, 1.165) is 22.3 Å². The first-order chi connectivity index (χ1) is 10.1. The molecule has 0 spiro atoms. The molecule has 0 fully saturated rings. The summed E-state index contributed by atoms with van der Waals surface area (Å²) in [5.41, 5.74) is 2.54. The number of fused-ring (bicyclic) bond motifs is 1. The molecule has 0 amide bonds. The normalized spacial score (nSPS) is 12.8. The van der Waals surface area contributed by atoms with Crippen LogP contribution in [0.4, 0.5) is 0 Å². The second-order valence-corrected chi connectivity index (χ2v) is 5.67. The highest BCUT2D eigenvalue weighted by molar-refractivity contribution is 6.31. The van der Waals surface area contributed by atoms with Gasteiger partial charge in [0.1, 0.15) is 0 Å². The summed E-state index contributed by atoms with van der Waals surface area (Å²) in [6.07, 6.45) is -0.143. The summed E-state index contributed by atoms with van der Waals surface area (Å²) in [7, 11) is 1.85. The quantitative estimate of drug-likeness (QED) is 0.798. The van der Waals surface area contributed by atoms with Crippen molar-refractivity contribution in [1.82, 2.24) is 9.78 Å². The molecule has 1 aromatic heterocycles. The van der Waals surface area contributed by atoms with E-state index in [1.54, 1.807) is 4.68 Å². The molecule has 21 heavy (non-hydrogen) atoms. The van der Waals surface area contributed by atoms with E-state index in [-0.39, 0.29) is 0 Å². The second kappa shape index (κ2) is 5.51. The van der Waals surface area contributed by atoms with Gasteiger partial charge in [-0.3, -0.25) is 4.68 Å². The first-order valence-electron chi connectivity index (χ1n) is 6.91. The van der Waals surface area contributed by atoms with E-state index in [1.807, 2.05) is 50.4 Å². The van der Waals surface area contributed by atoms with E-state index < -0.39 is 6.10 Å². The van der Waals surface area contributed by atoms with Crippen LogP contribution in [-0.2, 0) is 13.5 Å². The summed E-state index contributed by atoms with van der Waals surface area (Å²) in [5.74, 6) is 0. The van der Waals surface area contributed by atoms with Crippen molar-refractivity contribution >= 4 is 22.4 Å². The number of rotatable bonds is 3. The second-order valence-electron chi connectivity index (χ2n) is 5.30. The first kappa shape index (κ1) is 14.1. The van der Waals surface area contributed by atoms with E-state index in [0.29, 0.717) is 11.4 Å². The van der Waals surface area contributed by atoms with Crippen molar-refractivity contribution in [2.24, 2.45) is 7.05 Å². The van der Waals surface area contributed by atoms with E-state index >= 15 is 0 Å². The number of aromatic nitrogens is 2. The molecule has 3 aromatic rings. The molecule has 1 N–H and O–H groups in total. The van der Waals surface area contributed by atoms with Gasteiger partial charge in [0.2, 0.25) is 0 Å². The average Bonchev–Trinajstić information content (AvgIpc) is 2.73. The fourth-order valence-corrected chi connectivity index (χ4v) is 2.86. The van der Waals surface area contributed by atoms with Gasteiger partial charge in [-0.15, -0.1) is 0 Å². The molecule has 1 atom stereocenters. The third kappa shape index (κ3) is 2.67. The van der Waals surface area contributed by atoms with Crippen molar-refractivity contribution in [3.05, 3.63) is 64.4 Å². The summed E-state index contributed by atoms with van der Waals surface area (Å²) in [6.45, 7) is 1.87. The van der Waals surface area contributed by atoms with Gasteiger partial charge in [-0.05, 0) is 29.3 Å². The Morgan fingerprint density at radius 3 is 2.57 bits per heavy atom. The zero-order valence-corrected chi connectivity index (χ0v) is 12.8. The Balaban J connectivity index is 1.91. The van der Waals surface area contributed by atoms with Gasteiger partial charge in [0.25, 0.3) is 0 Å². The molecule has 0 aliphatic heterocycles. The lowest BCUT2D eigenvalue weighted by molar-refractivity contribution is 0.176. The van der Waals surface area contributed by atoms with Crippen LogP contribution in [0, 0.1) is 6.92 Å². The van der Waals surface area contributed by atoms with Gasteiger partial charge < -0.3 is 5.11 Å². The highest BCUT2D eigenvalue weighted by Crippen LogP contribution is 2.27. The van der Waals surface area contributed by atoms with Crippen molar-refractivity contribution < 1.29 is 5.11 Å². The largest absolute Gasteiger partial charge is 0.388 e. The molecule has 0 aliphatic carbocycles.